The van der Waals surface area contributed by atoms with Gasteiger partial charge in [0.15, 0.2) is 0 Å². The van der Waals surface area contributed by atoms with Crippen LogP contribution in [0.2, 0.25) is 5.28 Å². The highest BCUT2D eigenvalue weighted by molar-refractivity contribution is 6.28. The first kappa shape index (κ1) is 11.9. The Morgan fingerprint density at radius 1 is 1.56 bits per heavy atom. The first-order chi connectivity index (χ1) is 7.70. The van der Waals surface area contributed by atoms with Crippen LogP contribution in [-0.4, -0.2) is 35.8 Å². The summed E-state index contributed by atoms with van der Waals surface area (Å²) in [5, 5.41) is 0.242. The number of halogens is 2. The van der Waals surface area contributed by atoms with Crippen LogP contribution in [0, 0.1) is 0 Å². The van der Waals surface area contributed by atoms with Gasteiger partial charge in [0.2, 0.25) is 5.28 Å². The zero-order chi connectivity index (χ0) is 11.5. The van der Waals surface area contributed by atoms with E-state index in [1.54, 1.807) is 0 Å². The predicted octanol–water partition coefficient (Wildman–Crippen LogP) is 2.09. The SMILES string of the molecule is C[C@H]1COCCN1c1cc(CCl)nc(Cl)n1. The Kier molecular flexibility index (Phi) is 3.84. The van der Waals surface area contributed by atoms with Gasteiger partial charge in [0, 0.05) is 12.6 Å². The topological polar surface area (TPSA) is 38.2 Å². The van der Waals surface area contributed by atoms with Crippen LogP contribution in [0.1, 0.15) is 12.6 Å². The van der Waals surface area contributed by atoms with Crippen LogP contribution in [0.4, 0.5) is 5.82 Å². The summed E-state index contributed by atoms with van der Waals surface area (Å²) in [6.07, 6.45) is 0. The third-order valence-corrected chi connectivity index (χ3v) is 2.98. The van der Waals surface area contributed by atoms with Crippen molar-refractivity contribution in [3.8, 4) is 0 Å². The number of hydrogen-bond acceptors (Lipinski definition) is 4. The molecule has 0 bridgehead atoms. The average molecular weight is 262 g/mol. The van der Waals surface area contributed by atoms with E-state index < -0.39 is 0 Å². The normalized spacial score (nSPS) is 21.2. The van der Waals surface area contributed by atoms with E-state index in [-0.39, 0.29) is 5.28 Å². The maximum absolute atomic E-state index is 5.86. The lowest BCUT2D eigenvalue weighted by Crippen LogP contribution is -2.44. The molecule has 0 amide bonds. The number of aromatic nitrogens is 2. The van der Waals surface area contributed by atoms with Crippen molar-refractivity contribution < 1.29 is 4.74 Å². The molecule has 16 heavy (non-hydrogen) atoms. The summed E-state index contributed by atoms with van der Waals surface area (Å²) in [5.41, 5.74) is 0.746. The van der Waals surface area contributed by atoms with Crippen molar-refractivity contribution in [1.82, 2.24) is 9.97 Å². The van der Waals surface area contributed by atoms with Crippen molar-refractivity contribution in [2.45, 2.75) is 18.8 Å². The fourth-order valence-electron chi connectivity index (χ4n) is 1.73. The third kappa shape index (κ3) is 2.56. The molecule has 1 aliphatic heterocycles. The van der Waals surface area contributed by atoms with Crippen molar-refractivity contribution in [1.29, 1.82) is 0 Å². The molecule has 0 aliphatic carbocycles. The minimum atomic E-state index is 0.242. The minimum Gasteiger partial charge on any atom is -0.377 e. The molecule has 0 saturated carbocycles. The highest BCUT2D eigenvalue weighted by Gasteiger charge is 2.21. The molecule has 1 aliphatic rings. The fourth-order valence-corrected chi connectivity index (χ4v) is 2.07. The molecule has 0 aromatic carbocycles. The van der Waals surface area contributed by atoms with Crippen molar-refractivity contribution >= 4 is 29.0 Å². The van der Waals surface area contributed by atoms with Gasteiger partial charge in [-0.2, -0.15) is 0 Å². The fraction of sp³-hybridized carbons (Fsp3) is 0.600. The molecule has 1 aromatic rings. The molecular weight excluding hydrogens is 249 g/mol. The van der Waals surface area contributed by atoms with Crippen LogP contribution >= 0.6 is 23.2 Å². The first-order valence-electron chi connectivity index (χ1n) is 5.14. The second-order valence-electron chi connectivity index (χ2n) is 3.74. The molecule has 88 valence electrons. The van der Waals surface area contributed by atoms with E-state index in [0.717, 1.165) is 18.1 Å². The number of alkyl halides is 1. The number of rotatable bonds is 2. The van der Waals surface area contributed by atoms with E-state index in [4.69, 9.17) is 27.9 Å². The Bertz CT molecular complexity index is 375. The molecule has 4 nitrogen and oxygen atoms in total. The second kappa shape index (κ2) is 5.17. The standard InChI is InChI=1S/C10H13Cl2N3O/c1-7-6-16-3-2-15(7)9-4-8(5-11)13-10(12)14-9/h4,7H,2-3,5-6H2,1H3/t7-/m0/s1. The van der Waals surface area contributed by atoms with E-state index in [1.807, 2.05) is 6.07 Å². The van der Waals surface area contributed by atoms with Crippen LogP contribution in [-0.2, 0) is 10.6 Å². The molecule has 0 N–H and O–H groups in total. The van der Waals surface area contributed by atoms with Gasteiger partial charge in [-0.05, 0) is 18.5 Å². The number of morpholine rings is 1. The smallest absolute Gasteiger partial charge is 0.224 e. The molecule has 2 rings (SSSR count). The quantitative estimate of drug-likeness (QED) is 0.604. The Labute approximate surface area is 105 Å². The van der Waals surface area contributed by atoms with Gasteiger partial charge in [-0.25, -0.2) is 9.97 Å². The number of hydrogen-bond donors (Lipinski definition) is 0. The maximum Gasteiger partial charge on any atom is 0.224 e. The molecule has 0 spiro atoms. The van der Waals surface area contributed by atoms with Crippen molar-refractivity contribution in [3.05, 3.63) is 17.0 Å². The summed E-state index contributed by atoms with van der Waals surface area (Å²) >= 11 is 11.6. The summed E-state index contributed by atoms with van der Waals surface area (Å²) < 4.78 is 5.38. The maximum atomic E-state index is 5.86. The zero-order valence-electron chi connectivity index (χ0n) is 8.99. The van der Waals surface area contributed by atoms with E-state index in [1.165, 1.54) is 0 Å². The van der Waals surface area contributed by atoms with E-state index in [0.29, 0.717) is 25.1 Å². The Morgan fingerprint density at radius 2 is 2.38 bits per heavy atom. The lowest BCUT2D eigenvalue weighted by atomic mass is 10.2. The molecule has 0 unspecified atom stereocenters. The summed E-state index contributed by atoms with van der Waals surface area (Å²) in [6, 6.07) is 2.17. The molecule has 1 aromatic heterocycles. The molecule has 1 fully saturated rings. The van der Waals surface area contributed by atoms with Crippen molar-refractivity contribution in [3.63, 3.8) is 0 Å². The largest absolute Gasteiger partial charge is 0.377 e. The van der Waals surface area contributed by atoms with Crippen LogP contribution in [0.3, 0.4) is 0 Å². The summed E-state index contributed by atoms with van der Waals surface area (Å²) in [4.78, 5) is 10.4. The summed E-state index contributed by atoms with van der Waals surface area (Å²) in [6.45, 7) is 4.33. The van der Waals surface area contributed by atoms with Gasteiger partial charge >= 0.3 is 0 Å². The van der Waals surface area contributed by atoms with Gasteiger partial charge in [-0.1, -0.05) is 0 Å². The van der Waals surface area contributed by atoms with Crippen molar-refractivity contribution in [2.24, 2.45) is 0 Å². The average Bonchev–Trinajstić information content (AvgIpc) is 2.28. The molecular formula is C10H13Cl2N3O. The number of anilines is 1. The Morgan fingerprint density at radius 3 is 3.06 bits per heavy atom. The van der Waals surface area contributed by atoms with Gasteiger partial charge in [0.25, 0.3) is 0 Å². The zero-order valence-corrected chi connectivity index (χ0v) is 10.5. The highest BCUT2D eigenvalue weighted by atomic mass is 35.5. The molecule has 1 saturated heterocycles. The second-order valence-corrected chi connectivity index (χ2v) is 4.34. The van der Waals surface area contributed by atoms with Gasteiger partial charge < -0.3 is 9.64 Å². The molecule has 2 heterocycles. The lowest BCUT2D eigenvalue weighted by Gasteiger charge is -2.34. The van der Waals surface area contributed by atoms with Crippen LogP contribution in [0.15, 0.2) is 6.07 Å². The molecule has 0 radical (unpaired) electrons. The summed E-state index contributed by atoms with van der Waals surface area (Å²) in [5.74, 6) is 1.17. The molecule has 6 heteroatoms. The Balaban J connectivity index is 2.27. The lowest BCUT2D eigenvalue weighted by molar-refractivity contribution is 0.0985. The van der Waals surface area contributed by atoms with Crippen LogP contribution < -0.4 is 4.90 Å². The third-order valence-electron chi connectivity index (χ3n) is 2.54. The number of nitrogens with zero attached hydrogens (tertiary/aromatic N) is 3. The molecule has 1 atom stereocenters. The Hall–Kier alpha value is -0.580. The van der Waals surface area contributed by atoms with Gasteiger partial charge in [-0.3, -0.25) is 0 Å². The van der Waals surface area contributed by atoms with Crippen LogP contribution in [0.25, 0.3) is 0 Å². The van der Waals surface area contributed by atoms with Gasteiger partial charge in [0.05, 0.1) is 30.8 Å². The highest BCUT2D eigenvalue weighted by Crippen LogP contribution is 2.20. The minimum absolute atomic E-state index is 0.242. The first-order valence-corrected chi connectivity index (χ1v) is 6.06. The van der Waals surface area contributed by atoms with E-state index in [9.17, 15) is 0 Å². The summed E-state index contributed by atoms with van der Waals surface area (Å²) in [7, 11) is 0. The monoisotopic (exact) mass is 261 g/mol. The van der Waals surface area contributed by atoms with Crippen LogP contribution in [0.5, 0.6) is 0 Å². The van der Waals surface area contributed by atoms with Crippen molar-refractivity contribution in [2.75, 3.05) is 24.7 Å². The van der Waals surface area contributed by atoms with Gasteiger partial charge in [-0.15, -0.1) is 11.6 Å². The predicted molar refractivity (Wildman–Crippen MR) is 64.2 cm³/mol. The van der Waals surface area contributed by atoms with E-state index in [2.05, 4.69) is 21.8 Å². The van der Waals surface area contributed by atoms with E-state index >= 15 is 0 Å². The number of ether oxygens (including phenoxy) is 1. The van der Waals surface area contributed by atoms with Gasteiger partial charge in [0.1, 0.15) is 5.82 Å².